The number of carbonyl (C=O) groups excluding carboxylic acids is 5. The average Bonchev–Trinajstić information content (AvgIpc) is 3.70. The molecule has 1 fully saturated rings. The third-order valence-electron chi connectivity index (χ3n) is 10.4. The van der Waals surface area contributed by atoms with Gasteiger partial charge in [0.25, 0.3) is 0 Å². The van der Waals surface area contributed by atoms with E-state index in [2.05, 4.69) is 11.8 Å². The average molecular weight is 834 g/mol. The number of halogens is 2. The van der Waals surface area contributed by atoms with Gasteiger partial charge in [-0.2, -0.15) is 0 Å². The molecule has 11 nitrogen and oxygen atoms in total. The van der Waals surface area contributed by atoms with Gasteiger partial charge in [0.15, 0.2) is 0 Å². The third-order valence-corrected chi connectivity index (χ3v) is 11.1. The monoisotopic (exact) mass is 832 g/mol. The molecule has 0 unspecified atom stereocenters. The fraction of sp³-hybridized carbons (Fsp3) is 0.400. The Bertz CT molecular complexity index is 2090. The van der Waals surface area contributed by atoms with E-state index >= 15 is 0 Å². The Morgan fingerprint density at radius 1 is 0.862 bits per heavy atom. The van der Waals surface area contributed by atoms with Crippen LogP contribution in [0.5, 0.6) is 5.75 Å². The van der Waals surface area contributed by atoms with Gasteiger partial charge in [-0.3, -0.25) is 14.4 Å². The Labute approximate surface area is 348 Å². The highest BCUT2D eigenvalue weighted by atomic mass is 35.5. The molecule has 0 radical (unpaired) electrons. The van der Waals surface area contributed by atoms with Crippen LogP contribution in [-0.4, -0.2) is 55.3 Å². The summed E-state index contributed by atoms with van der Waals surface area (Å²) in [4.78, 5) is 65.4. The fourth-order valence-corrected chi connectivity index (χ4v) is 8.19. The summed E-state index contributed by atoms with van der Waals surface area (Å²) < 4.78 is 35.0. The summed E-state index contributed by atoms with van der Waals surface area (Å²) in [5.74, 6) is 2.25. The third kappa shape index (κ3) is 10.2. The van der Waals surface area contributed by atoms with Crippen molar-refractivity contribution < 1.29 is 52.4 Å². The van der Waals surface area contributed by atoms with Crippen LogP contribution >= 0.6 is 23.2 Å². The molecule has 0 saturated heterocycles. The minimum absolute atomic E-state index is 0.0607. The number of methoxy groups -OCH3 is 1. The first-order valence-electron chi connectivity index (χ1n) is 18.9. The minimum atomic E-state index is -1.49. The molecule has 2 aliphatic rings. The maximum atomic E-state index is 14.3. The number of hydrogen-bond acceptors (Lipinski definition) is 11. The quantitative estimate of drug-likeness (QED) is 0.0593. The Hall–Kier alpha value is -5.31. The number of ether oxygens (including phenoxy) is 6. The Morgan fingerprint density at radius 2 is 1.45 bits per heavy atom. The highest BCUT2D eigenvalue weighted by Gasteiger charge is 2.60. The maximum Gasteiger partial charge on any atom is 0.352 e. The van der Waals surface area contributed by atoms with Crippen LogP contribution in [0.1, 0.15) is 94.6 Å². The van der Waals surface area contributed by atoms with Crippen molar-refractivity contribution >= 4 is 53.0 Å². The molecular formula is C45H46Cl2O11. The van der Waals surface area contributed by atoms with Crippen molar-refractivity contribution in [1.82, 2.24) is 0 Å². The van der Waals surface area contributed by atoms with Crippen LogP contribution in [0, 0.1) is 23.2 Å². The Morgan fingerprint density at radius 3 is 2.03 bits per heavy atom. The second kappa shape index (κ2) is 19.9. The van der Waals surface area contributed by atoms with Gasteiger partial charge in [-0.15, -0.1) is 11.8 Å². The van der Waals surface area contributed by atoms with Crippen molar-refractivity contribution in [1.29, 1.82) is 0 Å². The van der Waals surface area contributed by atoms with E-state index in [0.717, 1.165) is 5.56 Å². The summed E-state index contributed by atoms with van der Waals surface area (Å²) in [6, 6.07) is 20.6. The van der Waals surface area contributed by atoms with Crippen LogP contribution in [0.2, 0.25) is 10.0 Å². The van der Waals surface area contributed by atoms with Crippen molar-refractivity contribution in [3.8, 4) is 17.6 Å². The molecule has 13 heteroatoms. The molecule has 1 saturated carbocycles. The second-order valence-corrected chi connectivity index (χ2v) is 15.1. The van der Waals surface area contributed by atoms with Crippen LogP contribution in [-0.2, 0) is 47.7 Å². The lowest BCUT2D eigenvalue weighted by Gasteiger charge is -2.38. The zero-order chi connectivity index (χ0) is 42.0. The SMILES string of the molecule is CC#CC[C@H](C)[C@@H](/C=C/[C@@]1(CCCC(=O)OC)[C@H](OC(=O)[C@H](OC(C)=O)c2ccccc2Cl)C[C@@H]2Oc3ccccc3[C@@H]21)OC(=O)[C@H](OC(C)=O)c1ccccc1Cl. The first-order chi connectivity index (χ1) is 27.8. The van der Waals surface area contributed by atoms with Crippen LogP contribution < -0.4 is 4.74 Å². The van der Waals surface area contributed by atoms with Crippen LogP contribution in [0.3, 0.4) is 0 Å². The zero-order valence-corrected chi connectivity index (χ0v) is 34.4. The summed E-state index contributed by atoms with van der Waals surface area (Å²) in [5, 5.41) is 0.408. The minimum Gasteiger partial charge on any atom is -0.489 e. The molecule has 0 spiro atoms. The van der Waals surface area contributed by atoms with Gasteiger partial charge in [0.1, 0.15) is 24.1 Å². The standard InChI is InChI=1S/C45H46Cl2O11/c1-6-7-15-27(2)35(57-43(51)41(54-28(3)48)30-16-8-11-19-33(30)46)23-25-45(24-14-22-39(50)53-5)38(26-37-40(45)32-18-10-13-21-36(32)56-37)58-44(52)42(55-29(4)49)31-17-9-12-20-34(31)47/h8-13,16-21,23,25,27,35,37-38,40-42H,14-15,22,24,26H2,1-5H3/b25-23+/t27-,35+,37-,38+,40-,41+,42+,45-/m0/s1. The van der Waals surface area contributed by atoms with Gasteiger partial charge in [-0.1, -0.05) is 90.8 Å². The molecule has 0 aromatic heterocycles. The normalized spacial score (nSPS) is 21.1. The molecule has 1 aliphatic heterocycles. The summed E-state index contributed by atoms with van der Waals surface area (Å²) in [7, 11) is 1.31. The number of benzene rings is 3. The molecule has 306 valence electrons. The molecule has 1 aliphatic carbocycles. The second-order valence-electron chi connectivity index (χ2n) is 14.3. The molecule has 0 bridgehead atoms. The molecule has 3 aromatic rings. The van der Waals surface area contributed by atoms with E-state index in [1.54, 1.807) is 61.5 Å². The van der Waals surface area contributed by atoms with Crippen molar-refractivity contribution in [2.24, 2.45) is 11.3 Å². The molecule has 5 rings (SSSR count). The van der Waals surface area contributed by atoms with E-state index < -0.39 is 71.7 Å². The van der Waals surface area contributed by atoms with Crippen molar-refractivity contribution in [3.05, 3.63) is 112 Å². The summed E-state index contributed by atoms with van der Waals surface area (Å²) in [5.41, 5.74) is 0.276. The molecule has 58 heavy (non-hydrogen) atoms. The Kier molecular flexibility index (Phi) is 15.0. The van der Waals surface area contributed by atoms with Gasteiger partial charge < -0.3 is 28.4 Å². The molecule has 0 amide bonds. The van der Waals surface area contributed by atoms with Crippen molar-refractivity contribution in [3.63, 3.8) is 0 Å². The molecule has 8 atom stereocenters. The molecule has 1 heterocycles. The lowest BCUT2D eigenvalue weighted by atomic mass is 9.69. The largest absolute Gasteiger partial charge is 0.489 e. The number of carbonyl (C=O) groups is 5. The van der Waals surface area contributed by atoms with E-state index in [0.29, 0.717) is 25.0 Å². The van der Waals surface area contributed by atoms with Crippen LogP contribution in [0.4, 0.5) is 0 Å². The van der Waals surface area contributed by atoms with E-state index in [1.807, 2.05) is 37.3 Å². The van der Waals surface area contributed by atoms with Crippen molar-refractivity contribution in [2.75, 3.05) is 7.11 Å². The zero-order valence-electron chi connectivity index (χ0n) is 32.9. The highest BCUT2D eigenvalue weighted by Crippen LogP contribution is 2.61. The topological polar surface area (TPSA) is 141 Å². The van der Waals surface area contributed by atoms with Gasteiger partial charge in [0.2, 0.25) is 12.2 Å². The molecule has 3 aromatic carbocycles. The van der Waals surface area contributed by atoms with Crippen LogP contribution in [0.15, 0.2) is 84.9 Å². The van der Waals surface area contributed by atoms with Gasteiger partial charge in [0.05, 0.1) is 7.11 Å². The van der Waals surface area contributed by atoms with Crippen molar-refractivity contribution in [2.45, 2.75) is 96.2 Å². The predicted octanol–water partition coefficient (Wildman–Crippen LogP) is 8.61. The number of hydrogen-bond donors (Lipinski definition) is 0. The summed E-state index contributed by atoms with van der Waals surface area (Å²) >= 11 is 13.0. The first kappa shape index (κ1) is 43.8. The summed E-state index contributed by atoms with van der Waals surface area (Å²) in [6.45, 7) is 5.94. The van der Waals surface area contributed by atoms with E-state index in [1.165, 1.54) is 21.0 Å². The molecule has 0 N–H and O–H groups in total. The van der Waals surface area contributed by atoms with Gasteiger partial charge >= 0.3 is 29.8 Å². The number of para-hydroxylation sites is 1. The lowest BCUT2D eigenvalue weighted by Crippen LogP contribution is -2.39. The van der Waals surface area contributed by atoms with E-state index in [4.69, 9.17) is 51.6 Å². The lowest BCUT2D eigenvalue weighted by molar-refractivity contribution is -0.174. The number of rotatable bonds is 16. The maximum absolute atomic E-state index is 14.3. The van der Waals surface area contributed by atoms with E-state index in [9.17, 15) is 24.0 Å². The predicted molar refractivity (Wildman–Crippen MR) is 215 cm³/mol. The number of esters is 5. The molecular weight excluding hydrogens is 787 g/mol. The first-order valence-corrected chi connectivity index (χ1v) is 19.7. The van der Waals surface area contributed by atoms with Gasteiger partial charge in [-0.05, 0) is 44.0 Å². The Balaban J connectivity index is 1.62. The summed E-state index contributed by atoms with van der Waals surface area (Å²) in [6.07, 6.45) is -0.445. The van der Waals surface area contributed by atoms with E-state index in [-0.39, 0.29) is 39.9 Å². The van der Waals surface area contributed by atoms with Gasteiger partial charge in [0, 0.05) is 77.1 Å². The number of fused-ring (bicyclic) bond motifs is 3. The highest BCUT2D eigenvalue weighted by molar-refractivity contribution is 6.32. The fourth-order valence-electron chi connectivity index (χ4n) is 7.72. The van der Waals surface area contributed by atoms with Gasteiger partial charge in [-0.25, -0.2) is 9.59 Å². The van der Waals surface area contributed by atoms with Crippen LogP contribution in [0.25, 0.3) is 0 Å². The smallest absolute Gasteiger partial charge is 0.352 e.